The maximum absolute atomic E-state index is 12.6. The molecule has 59 heavy (non-hydrogen) atoms. The Morgan fingerprint density at radius 3 is 1.37 bits per heavy atom. The zero-order valence-electron chi connectivity index (χ0n) is 36.9. The third-order valence-electron chi connectivity index (χ3n) is 9.33. The van der Waals surface area contributed by atoms with Crippen molar-refractivity contribution in [1.82, 2.24) is 0 Å². The average Bonchev–Trinajstić information content (AvgIpc) is 3.22. The third-order valence-corrected chi connectivity index (χ3v) is 10.3. The maximum Gasteiger partial charge on any atom is 0.472 e. The highest BCUT2D eigenvalue weighted by Crippen LogP contribution is 2.43. The van der Waals surface area contributed by atoms with Crippen LogP contribution in [0, 0.1) is 0 Å². The molecule has 0 aliphatic heterocycles. The van der Waals surface area contributed by atoms with Gasteiger partial charge in [0.25, 0.3) is 0 Å². The van der Waals surface area contributed by atoms with Crippen molar-refractivity contribution >= 4 is 19.8 Å². The Balaban J connectivity index is 4.42. The number of phosphoric acid groups is 1. The van der Waals surface area contributed by atoms with E-state index in [1.165, 1.54) is 89.9 Å². The second-order valence-electron chi connectivity index (χ2n) is 15.1. The Hall–Kier alpha value is -2.59. The summed E-state index contributed by atoms with van der Waals surface area (Å²) in [5.41, 5.74) is 0. The Bertz CT molecular complexity index is 1210. The minimum absolute atomic E-state index is 0.0985. The average molecular weight is 851 g/mol. The van der Waals surface area contributed by atoms with Gasteiger partial charge < -0.3 is 24.6 Å². The van der Waals surface area contributed by atoms with E-state index < -0.39 is 51.8 Å². The molecule has 0 heterocycles. The van der Waals surface area contributed by atoms with Crippen molar-refractivity contribution in [2.45, 2.75) is 193 Å². The second-order valence-corrected chi connectivity index (χ2v) is 16.5. The number of carbonyl (C=O) groups is 2. The van der Waals surface area contributed by atoms with Gasteiger partial charge in [-0.05, 0) is 83.5 Å². The second kappa shape index (κ2) is 43.5. The van der Waals surface area contributed by atoms with E-state index in [1.54, 1.807) is 0 Å². The van der Waals surface area contributed by atoms with Crippen LogP contribution in [0.4, 0.5) is 0 Å². The monoisotopic (exact) mass is 851 g/mol. The van der Waals surface area contributed by atoms with Crippen LogP contribution in [0.3, 0.4) is 0 Å². The van der Waals surface area contributed by atoms with Gasteiger partial charge in [0.1, 0.15) is 12.7 Å². The van der Waals surface area contributed by atoms with Gasteiger partial charge in [-0.15, -0.1) is 0 Å². The van der Waals surface area contributed by atoms with Crippen LogP contribution in [-0.2, 0) is 32.7 Å². The minimum atomic E-state index is -4.64. The number of rotatable bonds is 42. The van der Waals surface area contributed by atoms with Gasteiger partial charge in [0.2, 0.25) is 0 Å². The predicted octanol–water partition coefficient (Wildman–Crippen LogP) is 12.4. The molecule has 0 aromatic heterocycles. The number of hydrogen-bond acceptors (Lipinski definition) is 9. The number of hydrogen-bond donors (Lipinski definition) is 3. The molecule has 340 valence electrons. The summed E-state index contributed by atoms with van der Waals surface area (Å²) in [5.74, 6) is -1.03. The lowest BCUT2D eigenvalue weighted by Crippen LogP contribution is -2.29. The fourth-order valence-corrected chi connectivity index (χ4v) is 6.57. The first-order chi connectivity index (χ1) is 28.7. The van der Waals surface area contributed by atoms with E-state index in [9.17, 15) is 24.2 Å². The van der Waals surface area contributed by atoms with Crippen LogP contribution in [0.2, 0.25) is 0 Å². The molecule has 0 radical (unpaired) electrons. The first-order valence-corrected chi connectivity index (χ1v) is 24.4. The van der Waals surface area contributed by atoms with Gasteiger partial charge in [-0.25, -0.2) is 4.57 Å². The van der Waals surface area contributed by atoms with E-state index in [2.05, 4.69) is 79.1 Å². The molecule has 1 unspecified atom stereocenters. The van der Waals surface area contributed by atoms with Crippen LogP contribution in [-0.4, -0.2) is 65.7 Å². The SMILES string of the molecule is CCCCCCCC/C=C/C/C=C/CCCCC(=O)OC[C@H](COP(=O)(O)OC[C@@H](O)CO)OC(=O)CCC/C=C/C/C=C/C/C=C/C/C=C/CCCCCCCCC. The first-order valence-electron chi connectivity index (χ1n) is 22.9. The van der Waals surface area contributed by atoms with Gasteiger partial charge in [-0.2, -0.15) is 0 Å². The normalized spacial score (nSPS) is 14.5. The molecule has 0 spiro atoms. The van der Waals surface area contributed by atoms with Crippen LogP contribution < -0.4 is 0 Å². The van der Waals surface area contributed by atoms with Crippen molar-refractivity contribution in [3.63, 3.8) is 0 Å². The van der Waals surface area contributed by atoms with E-state index >= 15 is 0 Å². The van der Waals surface area contributed by atoms with Crippen molar-refractivity contribution in [2.24, 2.45) is 0 Å². The summed E-state index contributed by atoms with van der Waals surface area (Å²) in [4.78, 5) is 35.0. The number of carbonyl (C=O) groups excluding carboxylic acids is 2. The quantitative estimate of drug-likeness (QED) is 0.0234. The predicted molar refractivity (Wildman–Crippen MR) is 242 cm³/mol. The van der Waals surface area contributed by atoms with E-state index in [4.69, 9.17) is 19.1 Å². The highest BCUT2D eigenvalue weighted by atomic mass is 31.2. The number of aliphatic hydroxyl groups excluding tert-OH is 2. The summed E-state index contributed by atoms with van der Waals surface area (Å²) in [7, 11) is -4.64. The summed E-state index contributed by atoms with van der Waals surface area (Å²) in [6, 6.07) is 0. The number of aliphatic hydroxyl groups is 2. The van der Waals surface area contributed by atoms with Crippen molar-refractivity contribution in [3.05, 3.63) is 72.9 Å². The zero-order chi connectivity index (χ0) is 43.3. The molecule has 0 amide bonds. The van der Waals surface area contributed by atoms with Gasteiger partial charge >= 0.3 is 19.8 Å². The molecule has 10 nitrogen and oxygen atoms in total. The zero-order valence-corrected chi connectivity index (χ0v) is 37.8. The molecule has 0 aliphatic carbocycles. The third kappa shape index (κ3) is 43.3. The molecule has 0 saturated carbocycles. The van der Waals surface area contributed by atoms with E-state index in [0.717, 1.165) is 44.9 Å². The van der Waals surface area contributed by atoms with Gasteiger partial charge in [0.15, 0.2) is 6.10 Å². The summed E-state index contributed by atoms with van der Waals surface area (Å²) in [6.45, 7) is 2.26. The lowest BCUT2D eigenvalue weighted by atomic mass is 10.1. The standard InChI is InChI=1S/C48H83O10P/c1-3-5-7-9-11-13-15-17-19-20-21-22-23-24-26-28-30-32-34-36-38-40-48(52)58-46(44-57-59(53,54)56-42-45(50)41-49)43-55-47(51)39-37-35-33-31-29-27-25-18-16-14-12-10-8-6-4-2/h18-20,22-23,25-26,28-29,31-32,34,45-46,49-50H,3-17,21,24,27,30,33,35-44H2,1-2H3,(H,53,54)/b20-19+,23-22+,25-18+,28-26+,31-29+,34-32+/t45-,46+/m0/s1. The number of unbranched alkanes of at least 4 members (excludes halogenated alkanes) is 16. The van der Waals surface area contributed by atoms with Crippen molar-refractivity contribution in [3.8, 4) is 0 Å². The number of allylic oxidation sites excluding steroid dienone is 12. The van der Waals surface area contributed by atoms with Gasteiger partial charge in [-0.1, -0.05) is 157 Å². The van der Waals surface area contributed by atoms with Crippen LogP contribution >= 0.6 is 7.82 Å². The molecule has 0 aromatic carbocycles. The highest BCUT2D eigenvalue weighted by molar-refractivity contribution is 7.47. The fourth-order valence-electron chi connectivity index (χ4n) is 5.78. The number of ether oxygens (including phenoxy) is 2. The molecule has 3 atom stereocenters. The molecular formula is C48H83O10P. The molecule has 0 bridgehead atoms. The smallest absolute Gasteiger partial charge is 0.462 e. The maximum atomic E-state index is 12.6. The largest absolute Gasteiger partial charge is 0.472 e. The number of phosphoric ester groups is 1. The molecule has 3 N–H and O–H groups in total. The van der Waals surface area contributed by atoms with Crippen molar-refractivity contribution in [2.75, 3.05) is 26.4 Å². The Morgan fingerprint density at radius 2 is 0.898 bits per heavy atom. The van der Waals surface area contributed by atoms with E-state index in [0.29, 0.717) is 19.3 Å². The fraction of sp³-hybridized carbons (Fsp3) is 0.708. The number of esters is 2. The molecule has 0 rings (SSSR count). The van der Waals surface area contributed by atoms with Gasteiger partial charge in [0.05, 0.1) is 19.8 Å². The van der Waals surface area contributed by atoms with Crippen LogP contribution in [0.5, 0.6) is 0 Å². The summed E-state index contributed by atoms with van der Waals surface area (Å²) >= 11 is 0. The summed E-state index contributed by atoms with van der Waals surface area (Å²) in [5, 5.41) is 18.3. The topological polar surface area (TPSA) is 149 Å². The molecule has 0 aromatic rings. The van der Waals surface area contributed by atoms with Gasteiger partial charge in [-0.3, -0.25) is 18.6 Å². The van der Waals surface area contributed by atoms with E-state index in [1.807, 2.05) is 12.2 Å². The molecular weight excluding hydrogens is 767 g/mol. The minimum Gasteiger partial charge on any atom is -0.462 e. The van der Waals surface area contributed by atoms with Crippen LogP contribution in [0.25, 0.3) is 0 Å². The molecule has 0 fully saturated rings. The van der Waals surface area contributed by atoms with Crippen LogP contribution in [0.15, 0.2) is 72.9 Å². The lowest BCUT2D eigenvalue weighted by molar-refractivity contribution is -0.161. The van der Waals surface area contributed by atoms with E-state index in [-0.39, 0.29) is 19.4 Å². The molecule has 0 saturated heterocycles. The Kier molecular flexibility index (Phi) is 41.6. The first kappa shape index (κ1) is 56.4. The Morgan fingerprint density at radius 1 is 0.508 bits per heavy atom. The van der Waals surface area contributed by atoms with Crippen LogP contribution in [0.1, 0.15) is 181 Å². The summed E-state index contributed by atoms with van der Waals surface area (Å²) in [6.07, 6.45) is 50.3. The van der Waals surface area contributed by atoms with Crippen molar-refractivity contribution in [1.29, 1.82) is 0 Å². The molecule has 11 heteroatoms. The van der Waals surface area contributed by atoms with Crippen molar-refractivity contribution < 1.29 is 47.8 Å². The lowest BCUT2D eigenvalue weighted by Gasteiger charge is -2.20. The van der Waals surface area contributed by atoms with Gasteiger partial charge in [0, 0.05) is 12.8 Å². The summed E-state index contributed by atoms with van der Waals surface area (Å²) < 4.78 is 32.6. The Labute approximate surface area is 358 Å². The molecule has 0 aliphatic rings. The highest BCUT2D eigenvalue weighted by Gasteiger charge is 2.27.